The van der Waals surface area contributed by atoms with Crippen molar-refractivity contribution in [1.82, 2.24) is 9.88 Å². The molecule has 21 heavy (non-hydrogen) atoms. The summed E-state index contributed by atoms with van der Waals surface area (Å²) in [4.78, 5) is 6.93. The van der Waals surface area contributed by atoms with Crippen LogP contribution in [0.15, 0.2) is 23.2 Å². The normalized spacial score (nSPS) is 18.4. The van der Waals surface area contributed by atoms with E-state index in [4.69, 9.17) is 0 Å². The van der Waals surface area contributed by atoms with Gasteiger partial charge in [-0.15, -0.1) is 0 Å². The molecule has 2 heterocycles. The molecule has 0 amide bonds. The van der Waals surface area contributed by atoms with Crippen LogP contribution >= 0.6 is 0 Å². The first kappa shape index (κ1) is 16.2. The van der Waals surface area contributed by atoms with Crippen LogP contribution in [0, 0.1) is 5.92 Å². The van der Waals surface area contributed by atoms with Crippen LogP contribution in [-0.4, -0.2) is 50.7 Å². The molecule has 1 aliphatic rings. The van der Waals surface area contributed by atoms with Crippen molar-refractivity contribution >= 4 is 15.7 Å². The predicted molar refractivity (Wildman–Crippen MR) is 85.3 cm³/mol. The monoisotopic (exact) mass is 311 g/mol. The number of hydrogen-bond donors (Lipinski definition) is 1. The Hall–Kier alpha value is -1.14. The number of nitrogens with one attached hydrogen (secondary N) is 1. The maximum absolute atomic E-state index is 11.7. The number of pyridine rings is 1. The Morgan fingerprint density at radius 3 is 2.71 bits per heavy atom. The third-order valence-electron chi connectivity index (χ3n) is 3.81. The highest BCUT2D eigenvalue weighted by Gasteiger charge is 2.16. The standard InChI is InChI=1S/C15H25N3O2S/c1-13(12-18-9-4-3-5-10-18)11-17-15-14(21(2,19)20)7-6-8-16-15/h6-8,13H,3-5,9-12H2,1-2H3,(H,16,17). The molecule has 1 aliphatic heterocycles. The highest BCUT2D eigenvalue weighted by Crippen LogP contribution is 2.18. The third-order valence-corrected chi connectivity index (χ3v) is 4.94. The summed E-state index contributed by atoms with van der Waals surface area (Å²) in [5.74, 6) is 0.919. The molecule has 0 radical (unpaired) electrons. The van der Waals surface area contributed by atoms with Gasteiger partial charge in [0, 0.05) is 25.5 Å². The zero-order chi connectivity index (χ0) is 15.3. The van der Waals surface area contributed by atoms with E-state index in [9.17, 15) is 8.42 Å². The smallest absolute Gasteiger partial charge is 0.179 e. The van der Waals surface area contributed by atoms with Gasteiger partial charge in [-0.05, 0) is 44.0 Å². The summed E-state index contributed by atoms with van der Waals surface area (Å²) in [7, 11) is -3.24. The van der Waals surface area contributed by atoms with Crippen LogP contribution in [0.3, 0.4) is 0 Å². The Morgan fingerprint density at radius 2 is 2.05 bits per heavy atom. The number of likely N-dealkylation sites (tertiary alicyclic amines) is 1. The topological polar surface area (TPSA) is 62.3 Å². The van der Waals surface area contributed by atoms with Gasteiger partial charge in [-0.2, -0.15) is 0 Å². The minimum atomic E-state index is -3.24. The highest BCUT2D eigenvalue weighted by atomic mass is 32.2. The van der Waals surface area contributed by atoms with Gasteiger partial charge in [-0.25, -0.2) is 13.4 Å². The first-order valence-corrected chi connectivity index (χ1v) is 9.47. The number of hydrogen-bond acceptors (Lipinski definition) is 5. The lowest BCUT2D eigenvalue weighted by molar-refractivity contribution is 0.204. The van der Waals surface area contributed by atoms with E-state index in [0.717, 1.165) is 13.1 Å². The lowest BCUT2D eigenvalue weighted by Crippen LogP contribution is -2.35. The second-order valence-corrected chi connectivity index (χ2v) is 7.95. The molecule has 0 bridgehead atoms. The molecule has 1 aromatic rings. The van der Waals surface area contributed by atoms with Crippen LogP contribution in [0.4, 0.5) is 5.82 Å². The first-order valence-electron chi connectivity index (χ1n) is 7.58. The van der Waals surface area contributed by atoms with Gasteiger partial charge in [-0.1, -0.05) is 13.3 Å². The van der Waals surface area contributed by atoms with Gasteiger partial charge >= 0.3 is 0 Å². The maximum Gasteiger partial charge on any atom is 0.179 e. The molecule has 1 unspecified atom stereocenters. The molecule has 1 aromatic heterocycles. The highest BCUT2D eigenvalue weighted by molar-refractivity contribution is 7.90. The number of nitrogens with zero attached hydrogens (tertiary/aromatic N) is 2. The molecular weight excluding hydrogens is 286 g/mol. The third kappa shape index (κ3) is 4.97. The Morgan fingerprint density at radius 1 is 1.33 bits per heavy atom. The van der Waals surface area contributed by atoms with Crippen LogP contribution < -0.4 is 5.32 Å². The van der Waals surface area contributed by atoms with Crippen molar-refractivity contribution in [2.45, 2.75) is 31.1 Å². The average molecular weight is 311 g/mol. The molecule has 6 heteroatoms. The Kier molecular flexibility index (Phi) is 5.58. The fraction of sp³-hybridized carbons (Fsp3) is 0.667. The van der Waals surface area contributed by atoms with Gasteiger partial charge < -0.3 is 10.2 Å². The second kappa shape index (κ2) is 7.22. The van der Waals surface area contributed by atoms with Crippen LogP contribution in [-0.2, 0) is 9.84 Å². The number of sulfone groups is 1. The van der Waals surface area contributed by atoms with Crippen molar-refractivity contribution in [2.24, 2.45) is 5.92 Å². The summed E-state index contributed by atoms with van der Waals surface area (Å²) >= 11 is 0. The quantitative estimate of drug-likeness (QED) is 0.871. The molecule has 1 fully saturated rings. The van der Waals surface area contributed by atoms with E-state index in [0.29, 0.717) is 11.7 Å². The van der Waals surface area contributed by atoms with Gasteiger partial charge in [0.2, 0.25) is 0 Å². The predicted octanol–water partition coefficient (Wildman–Crippen LogP) is 2.02. The summed E-state index contributed by atoms with van der Waals surface area (Å²) in [6, 6.07) is 3.25. The molecule has 118 valence electrons. The molecule has 1 saturated heterocycles. The van der Waals surface area contributed by atoms with E-state index in [-0.39, 0.29) is 4.90 Å². The van der Waals surface area contributed by atoms with Crippen molar-refractivity contribution in [2.75, 3.05) is 37.8 Å². The zero-order valence-electron chi connectivity index (χ0n) is 12.9. The lowest BCUT2D eigenvalue weighted by Gasteiger charge is -2.29. The zero-order valence-corrected chi connectivity index (χ0v) is 13.7. The number of rotatable bonds is 6. The molecule has 1 atom stereocenters. The summed E-state index contributed by atoms with van der Waals surface area (Å²) < 4.78 is 23.5. The molecule has 2 rings (SSSR count). The Labute approximate surface area is 127 Å². The van der Waals surface area contributed by atoms with Crippen molar-refractivity contribution < 1.29 is 8.42 Å². The van der Waals surface area contributed by atoms with E-state index in [1.165, 1.54) is 38.6 Å². The maximum atomic E-state index is 11.7. The van der Waals surface area contributed by atoms with E-state index in [2.05, 4.69) is 22.1 Å². The minimum absolute atomic E-state index is 0.273. The number of piperidine rings is 1. The van der Waals surface area contributed by atoms with Gasteiger partial charge in [0.05, 0.1) is 0 Å². The van der Waals surface area contributed by atoms with Crippen molar-refractivity contribution in [1.29, 1.82) is 0 Å². The van der Waals surface area contributed by atoms with Gasteiger partial charge in [0.25, 0.3) is 0 Å². The number of anilines is 1. The summed E-state index contributed by atoms with van der Waals surface area (Å²) in [5.41, 5.74) is 0. The Balaban J connectivity index is 1.90. The van der Waals surface area contributed by atoms with Gasteiger partial charge in [0.15, 0.2) is 9.84 Å². The largest absolute Gasteiger partial charge is 0.369 e. The molecule has 0 spiro atoms. The molecule has 0 aromatic carbocycles. The summed E-state index contributed by atoms with van der Waals surface area (Å²) in [6.45, 7) is 6.33. The Bertz CT molecular complexity index is 554. The second-order valence-electron chi connectivity index (χ2n) is 5.97. The molecule has 0 aliphatic carbocycles. The van der Waals surface area contributed by atoms with Crippen LogP contribution in [0.1, 0.15) is 26.2 Å². The fourth-order valence-corrected chi connectivity index (χ4v) is 3.54. The van der Waals surface area contributed by atoms with E-state index in [1.54, 1.807) is 18.3 Å². The van der Waals surface area contributed by atoms with Crippen molar-refractivity contribution in [3.63, 3.8) is 0 Å². The first-order chi connectivity index (χ1) is 9.97. The van der Waals surface area contributed by atoms with Crippen molar-refractivity contribution in [3.8, 4) is 0 Å². The molecule has 0 saturated carbocycles. The molecule has 1 N–H and O–H groups in total. The van der Waals surface area contributed by atoms with Gasteiger partial charge in [-0.3, -0.25) is 0 Å². The van der Waals surface area contributed by atoms with Gasteiger partial charge in [0.1, 0.15) is 10.7 Å². The SMILES string of the molecule is CC(CNc1ncccc1S(C)(=O)=O)CN1CCCCC1. The van der Waals surface area contributed by atoms with Crippen LogP contribution in [0.25, 0.3) is 0 Å². The molecular formula is C15H25N3O2S. The van der Waals surface area contributed by atoms with E-state index in [1.807, 2.05) is 0 Å². The fourth-order valence-electron chi connectivity index (χ4n) is 2.74. The van der Waals surface area contributed by atoms with Crippen LogP contribution in [0.5, 0.6) is 0 Å². The van der Waals surface area contributed by atoms with E-state index < -0.39 is 9.84 Å². The van der Waals surface area contributed by atoms with E-state index >= 15 is 0 Å². The summed E-state index contributed by atoms with van der Waals surface area (Å²) in [6.07, 6.45) is 6.75. The molecule has 5 nitrogen and oxygen atoms in total. The number of aromatic nitrogens is 1. The van der Waals surface area contributed by atoms with Crippen LogP contribution in [0.2, 0.25) is 0 Å². The lowest BCUT2D eigenvalue weighted by atomic mass is 10.1. The average Bonchev–Trinajstić information content (AvgIpc) is 2.45. The van der Waals surface area contributed by atoms with Crippen molar-refractivity contribution in [3.05, 3.63) is 18.3 Å². The summed E-state index contributed by atoms with van der Waals surface area (Å²) in [5, 5.41) is 3.19. The minimum Gasteiger partial charge on any atom is -0.369 e.